The third-order valence-electron chi connectivity index (χ3n) is 3.08. The van der Waals surface area contributed by atoms with Crippen LogP contribution >= 0.6 is 0 Å². The van der Waals surface area contributed by atoms with Gasteiger partial charge in [0.2, 0.25) is 5.91 Å². The number of carbonyl (C=O) groups is 2. The van der Waals surface area contributed by atoms with Gasteiger partial charge in [0.05, 0.1) is 6.54 Å². The molecule has 1 unspecified atom stereocenters. The van der Waals surface area contributed by atoms with Gasteiger partial charge in [-0.1, -0.05) is 20.8 Å². The first kappa shape index (κ1) is 12.2. The lowest BCUT2D eigenvalue weighted by Crippen LogP contribution is -2.31. The van der Waals surface area contributed by atoms with Crippen molar-refractivity contribution in [1.29, 1.82) is 0 Å². The summed E-state index contributed by atoms with van der Waals surface area (Å²) in [7, 11) is 0. The number of hydrogen-bond acceptors (Lipinski definition) is 2. The van der Waals surface area contributed by atoms with E-state index in [2.05, 4.69) is 13.8 Å². The molecular formula is C12H21NO2. The van der Waals surface area contributed by atoms with E-state index in [1.165, 1.54) is 0 Å². The highest BCUT2D eigenvalue weighted by Crippen LogP contribution is 2.24. The molecule has 15 heavy (non-hydrogen) atoms. The molecule has 1 heterocycles. The molecule has 0 saturated carbocycles. The summed E-state index contributed by atoms with van der Waals surface area (Å²) in [5.74, 6) is 1.31. The van der Waals surface area contributed by atoms with Gasteiger partial charge in [0.15, 0.2) is 5.78 Å². The Morgan fingerprint density at radius 1 is 1.53 bits per heavy atom. The fourth-order valence-corrected chi connectivity index (χ4v) is 1.97. The number of ketones is 1. The lowest BCUT2D eigenvalue weighted by Gasteiger charge is -2.17. The highest BCUT2D eigenvalue weighted by molar-refractivity contribution is 5.87. The maximum absolute atomic E-state index is 11.6. The first-order chi connectivity index (χ1) is 7.04. The first-order valence-corrected chi connectivity index (χ1v) is 5.84. The van der Waals surface area contributed by atoms with Gasteiger partial charge in [-0.3, -0.25) is 9.59 Å². The van der Waals surface area contributed by atoms with Crippen molar-refractivity contribution < 1.29 is 9.59 Å². The van der Waals surface area contributed by atoms with Gasteiger partial charge in [0.25, 0.3) is 0 Å². The number of Topliss-reactive ketones (excluding diaryl/α,β-unsaturated/α-hetero) is 1. The minimum absolute atomic E-state index is 0.151. The maximum atomic E-state index is 11.6. The Balaban J connectivity index is 2.44. The van der Waals surface area contributed by atoms with Crippen molar-refractivity contribution in [2.24, 2.45) is 11.8 Å². The molecule has 1 fully saturated rings. The van der Waals surface area contributed by atoms with Gasteiger partial charge in [0.1, 0.15) is 0 Å². The third-order valence-corrected chi connectivity index (χ3v) is 3.08. The van der Waals surface area contributed by atoms with E-state index in [0.29, 0.717) is 31.2 Å². The molecule has 86 valence electrons. The average Bonchev–Trinajstić information content (AvgIpc) is 2.48. The number of nitrogens with zero attached hydrogens (tertiary/aromatic N) is 1. The molecule has 1 amide bonds. The second kappa shape index (κ2) is 5.29. The van der Waals surface area contributed by atoms with E-state index >= 15 is 0 Å². The van der Waals surface area contributed by atoms with Crippen LogP contribution in [0.1, 0.15) is 40.0 Å². The van der Waals surface area contributed by atoms with Gasteiger partial charge in [-0.05, 0) is 18.3 Å². The smallest absolute Gasteiger partial charge is 0.223 e. The summed E-state index contributed by atoms with van der Waals surface area (Å²) in [6.07, 6.45) is 2.08. The SMILES string of the molecule is CCCC(=O)CN1CC(C(C)C)CC1=O. The number of carbonyl (C=O) groups excluding carboxylic acids is 2. The summed E-state index contributed by atoms with van der Waals surface area (Å²) in [4.78, 5) is 24.8. The third kappa shape index (κ3) is 3.33. The number of amides is 1. The van der Waals surface area contributed by atoms with Crippen LogP contribution in [0.15, 0.2) is 0 Å². The fraction of sp³-hybridized carbons (Fsp3) is 0.833. The molecule has 3 heteroatoms. The summed E-state index contributed by atoms with van der Waals surface area (Å²) in [6.45, 7) is 7.35. The van der Waals surface area contributed by atoms with E-state index < -0.39 is 0 Å². The summed E-state index contributed by atoms with van der Waals surface area (Å²) >= 11 is 0. The molecule has 0 aromatic heterocycles. The molecule has 0 aromatic rings. The van der Waals surface area contributed by atoms with Crippen molar-refractivity contribution >= 4 is 11.7 Å². The molecule has 1 rings (SSSR count). The highest BCUT2D eigenvalue weighted by Gasteiger charge is 2.31. The van der Waals surface area contributed by atoms with Crippen LogP contribution in [0.3, 0.4) is 0 Å². The summed E-state index contributed by atoms with van der Waals surface area (Å²) in [5.41, 5.74) is 0. The minimum Gasteiger partial charge on any atom is -0.335 e. The molecule has 0 aromatic carbocycles. The van der Waals surface area contributed by atoms with Gasteiger partial charge in [-0.15, -0.1) is 0 Å². The zero-order valence-corrected chi connectivity index (χ0v) is 9.95. The Kier molecular flexibility index (Phi) is 4.30. The van der Waals surface area contributed by atoms with Gasteiger partial charge < -0.3 is 4.90 Å². The van der Waals surface area contributed by atoms with Gasteiger partial charge >= 0.3 is 0 Å². The zero-order valence-electron chi connectivity index (χ0n) is 9.95. The monoisotopic (exact) mass is 211 g/mol. The zero-order chi connectivity index (χ0) is 11.4. The van der Waals surface area contributed by atoms with Crippen LogP contribution in [0.25, 0.3) is 0 Å². The van der Waals surface area contributed by atoms with Crippen molar-refractivity contribution in [3.63, 3.8) is 0 Å². The molecule has 0 radical (unpaired) electrons. The summed E-state index contributed by atoms with van der Waals surface area (Å²) in [5, 5.41) is 0. The highest BCUT2D eigenvalue weighted by atomic mass is 16.2. The van der Waals surface area contributed by atoms with Crippen LogP contribution in [-0.2, 0) is 9.59 Å². The van der Waals surface area contributed by atoms with Crippen molar-refractivity contribution in [1.82, 2.24) is 4.90 Å². The van der Waals surface area contributed by atoms with Gasteiger partial charge in [-0.25, -0.2) is 0 Å². The van der Waals surface area contributed by atoms with E-state index in [1.54, 1.807) is 4.90 Å². The Labute approximate surface area is 91.8 Å². The van der Waals surface area contributed by atoms with Crippen molar-refractivity contribution in [3.05, 3.63) is 0 Å². The van der Waals surface area contributed by atoms with E-state index in [1.807, 2.05) is 6.92 Å². The Morgan fingerprint density at radius 2 is 2.20 bits per heavy atom. The average molecular weight is 211 g/mol. The van der Waals surface area contributed by atoms with Crippen LogP contribution in [0.4, 0.5) is 0 Å². The number of likely N-dealkylation sites (tertiary alicyclic amines) is 1. The summed E-state index contributed by atoms with van der Waals surface area (Å²) < 4.78 is 0. The topological polar surface area (TPSA) is 37.4 Å². The van der Waals surface area contributed by atoms with Crippen molar-refractivity contribution in [2.75, 3.05) is 13.1 Å². The van der Waals surface area contributed by atoms with Crippen LogP contribution < -0.4 is 0 Å². The normalized spacial score (nSPS) is 21.5. The molecular weight excluding hydrogens is 190 g/mol. The molecule has 3 nitrogen and oxygen atoms in total. The number of rotatable bonds is 5. The van der Waals surface area contributed by atoms with E-state index in [0.717, 1.165) is 13.0 Å². The van der Waals surface area contributed by atoms with Crippen molar-refractivity contribution in [2.45, 2.75) is 40.0 Å². The maximum Gasteiger partial charge on any atom is 0.223 e. The quantitative estimate of drug-likeness (QED) is 0.696. The second-order valence-electron chi connectivity index (χ2n) is 4.77. The molecule has 1 atom stereocenters. The van der Waals surface area contributed by atoms with Crippen molar-refractivity contribution in [3.8, 4) is 0 Å². The van der Waals surface area contributed by atoms with Crippen LogP contribution in [0.2, 0.25) is 0 Å². The van der Waals surface area contributed by atoms with Crippen LogP contribution in [0.5, 0.6) is 0 Å². The Bertz CT molecular complexity index is 248. The minimum atomic E-state index is 0.151. The van der Waals surface area contributed by atoms with Gasteiger partial charge in [0, 0.05) is 19.4 Å². The second-order valence-corrected chi connectivity index (χ2v) is 4.77. The first-order valence-electron chi connectivity index (χ1n) is 5.84. The van der Waals surface area contributed by atoms with Crippen LogP contribution in [-0.4, -0.2) is 29.7 Å². The van der Waals surface area contributed by atoms with Crippen LogP contribution in [0, 0.1) is 11.8 Å². The Morgan fingerprint density at radius 3 is 2.67 bits per heavy atom. The molecule has 0 N–H and O–H groups in total. The predicted molar refractivity (Wildman–Crippen MR) is 59.4 cm³/mol. The largest absolute Gasteiger partial charge is 0.335 e. The van der Waals surface area contributed by atoms with E-state index in [9.17, 15) is 9.59 Å². The Hall–Kier alpha value is -0.860. The molecule has 1 aliphatic rings. The lowest BCUT2D eigenvalue weighted by atomic mass is 9.95. The molecule has 1 saturated heterocycles. The number of hydrogen-bond donors (Lipinski definition) is 0. The van der Waals surface area contributed by atoms with Gasteiger partial charge in [-0.2, -0.15) is 0 Å². The predicted octanol–water partition coefficient (Wildman–Crippen LogP) is 1.86. The van der Waals surface area contributed by atoms with E-state index in [4.69, 9.17) is 0 Å². The molecule has 0 spiro atoms. The molecule has 0 bridgehead atoms. The lowest BCUT2D eigenvalue weighted by molar-refractivity contribution is -0.132. The standard InChI is InChI=1S/C12H21NO2/c1-4-5-11(14)8-13-7-10(9(2)3)6-12(13)15/h9-10H,4-8H2,1-3H3. The summed E-state index contributed by atoms with van der Waals surface area (Å²) in [6, 6.07) is 0. The fourth-order valence-electron chi connectivity index (χ4n) is 1.97. The molecule has 1 aliphatic heterocycles. The van der Waals surface area contributed by atoms with E-state index in [-0.39, 0.29) is 11.7 Å². The molecule has 0 aliphatic carbocycles.